The molecule has 0 saturated carbocycles. The summed E-state index contributed by atoms with van der Waals surface area (Å²) < 4.78 is 29.7. The molecule has 1 fully saturated rings. The van der Waals surface area contributed by atoms with Gasteiger partial charge in [-0.05, 0) is 17.5 Å². The van der Waals surface area contributed by atoms with E-state index in [1.54, 1.807) is 24.3 Å². The van der Waals surface area contributed by atoms with Gasteiger partial charge < -0.3 is 9.53 Å². The smallest absolute Gasteiger partial charge is 0.186 e. The van der Waals surface area contributed by atoms with Gasteiger partial charge in [0, 0.05) is 6.42 Å². The molecular formula is C13H16O4S. The quantitative estimate of drug-likeness (QED) is 0.760. The van der Waals surface area contributed by atoms with Gasteiger partial charge in [0.1, 0.15) is 11.5 Å². The highest BCUT2D eigenvalue weighted by molar-refractivity contribution is 7.92. The van der Waals surface area contributed by atoms with E-state index in [9.17, 15) is 13.2 Å². The summed E-state index contributed by atoms with van der Waals surface area (Å²) in [6.45, 7) is 2.39. The van der Waals surface area contributed by atoms with Crippen LogP contribution >= 0.6 is 0 Å². The first kappa shape index (κ1) is 13.2. The number of ether oxygens (including phenoxy) is 1. The highest BCUT2D eigenvalue weighted by Gasteiger charge is 2.35. The zero-order chi connectivity index (χ0) is 13.2. The molecule has 1 saturated heterocycles. The van der Waals surface area contributed by atoms with Crippen molar-refractivity contribution in [3.8, 4) is 0 Å². The number of carbonyl (C=O) groups excluding carboxylic acids is 1. The maximum absolute atomic E-state index is 12.4. The maximum atomic E-state index is 12.4. The van der Waals surface area contributed by atoms with E-state index in [0.717, 1.165) is 11.8 Å². The van der Waals surface area contributed by atoms with Crippen LogP contribution in [0.1, 0.15) is 24.8 Å². The number of carbonyl (C=O) groups is 1. The molecule has 1 aliphatic rings. The Balaban J connectivity index is 2.41. The van der Waals surface area contributed by atoms with Crippen LogP contribution in [0.3, 0.4) is 0 Å². The Morgan fingerprint density at radius 3 is 2.61 bits per heavy atom. The molecule has 1 aromatic rings. The Kier molecular flexibility index (Phi) is 3.82. The fraction of sp³-hybridized carbons (Fsp3) is 0.462. The summed E-state index contributed by atoms with van der Waals surface area (Å²) in [6.07, 6.45) is 1.15. The number of sulfone groups is 1. The standard InChI is InChI=1S/C13H16O4S/c1-10(6-7-14)12-4-2-3-5-13(12)18(15,16)11-8-17-9-11/h2-5,7,10-11H,6,8-9H2,1H3. The Hall–Kier alpha value is -1.20. The van der Waals surface area contributed by atoms with Crippen LogP contribution in [-0.2, 0) is 19.4 Å². The number of rotatable bonds is 5. The van der Waals surface area contributed by atoms with Gasteiger partial charge in [-0.1, -0.05) is 25.1 Å². The van der Waals surface area contributed by atoms with Crippen LogP contribution < -0.4 is 0 Å². The molecule has 4 nitrogen and oxygen atoms in total. The molecule has 0 aliphatic carbocycles. The second-order valence-electron chi connectivity index (χ2n) is 4.55. The minimum atomic E-state index is -3.34. The summed E-state index contributed by atoms with van der Waals surface area (Å²) in [5, 5.41) is -0.443. The van der Waals surface area contributed by atoms with Crippen molar-refractivity contribution >= 4 is 16.1 Å². The summed E-state index contributed by atoms with van der Waals surface area (Å²) in [4.78, 5) is 10.9. The van der Waals surface area contributed by atoms with Gasteiger partial charge in [0.2, 0.25) is 0 Å². The topological polar surface area (TPSA) is 60.4 Å². The first-order valence-electron chi connectivity index (χ1n) is 5.91. The van der Waals surface area contributed by atoms with E-state index in [1.165, 1.54) is 0 Å². The van der Waals surface area contributed by atoms with Gasteiger partial charge in [-0.3, -0.25) is 0 Å². The lowest BCUT2D eigenvalue weighted by atomic mass is 9.99. The fourth-order valence-electron chi connectivity index (χ4n) is 1.99. The molecule has 1 aromatic carbocycles. The molecule has 1 atom stereocenters. The third-order valence-electron chi connectivity index (χ3n) is 3.25. The van der Waals surface area contributed by atoms with Gasteiger partial charge >= 0.3 is 0 Å². The molecule has 1 aliphatic heterocycles. The normalized spacial score (nSPS) is 18.1. The minimum absolute atomic E-state index is 0.0885. The van der Waals surface area contributed by atoms with E-state index < -0.39 is 15.1 Å². The number of aldehydes is 1. The molecule has 2 rings (SSSR count). The van der Waals surface area contributed by atoms with E-state index in [4.69, 9.17) is 4.74 Å². The average Bonchev–Trinajstić information content (AvgIpc) is 2.26. The monoisotopic (exact) mass is 268 g/mol. The number of benzene rings is 1. The Bertz CT molecular complexity index is 532. The van der Waals surface area contributed by atoms with Crippen LogP contribution in [0.5, 0.6) is 0 Å². The molecule has 1 heterocycles. The summed E-state index contributed by atoms with van der Waals surface area (Å²) in [7, 11) is -3.34. The Morgan fingerprint density at radius 1 is 1.39 bits per heavy atom. The predicted molar refractivity (Wildman–Crippen MR) is 67.3 cm³/mol. The second kappa shape index (κ2) is 5.20. The Morgan fingerprint density at radius 2 is 2.06 bits per heavy atom. The third kappa shape index (κ3) is 2.33. The van der Waals surface area contributed by atoms with Gasteiger partial charge in [0.25, 0.3) is 0 Å². The molecule has 0 spiro atoms. The van der Waals surface area contributed by atoms with E-state index in [2.05, 4.69) is 0 Å². The van der Waals surface area contributed by atoms with Crippen molar-refractivity contribution in [2.45, 2.75) is 29.4 Å². The van der Waals surface area contributed by atoms with E-state index in [0.29, 0.717) is 11.3 Å². The lowest BCUT2D eigenvalue weighted by Gasteiger charge is -2.27. The van der Waals surface area contributed by atoms with Gasteiger partial charge in [0.05, 0.1) is 18.1 Å². The van der Waals surface area contributed by atoms with Crippen molar-refractivity contribution in [2.75, 3.05) is 13.2 Å². The largest absolute Gasteiger partial charge is 0.379 e. The van der Waals surface area contributed by atoms with Gasteiger partial charge in [-0.2, -0.15) is 0 Å². The molecule has 5 heteroatoms. The van der Waals surface area contributed by atoms with E-state index in [-0.39, 0.29) is 19.1 Å². The lowest BCUT2D eigenvalue weighted by Crippen LogP contribution is -2.41. The van der Waals surface area contributed by atoms with Crippen LogP contribution in [0, 0.1) is 0 Å². The molecule has 0 bridgehead atoms. The first-order valence-corrected chi connectivity index (χ1v) is 7.46. The summed E-state index contributed by atoms with van der Waals surface area (Å²) in [6, 6.07) is 6.90. The summed E-state index contributed by atoms with van der Waals surface area (Å²) in [5.74, 6) is -0.0885. The van der Waals surface area contributed by atoms with Crippen LogP contribution in [-0.4, -0.2) is 33.2 Å². The number of hydrogen-bond donors (Lipinski definition) is 0. The van der Waals surface area contributed by atoms with Crippen molar-refractivity contribution in [3.05, 3.63) is 29.8 Å². The van der Waals surface area contributed by atoms with Crippen LogP contribution in [0.15, 0.2) is 29.2 Å². The Labute approximate surface area is 107 Å². The molecule has 1 unspecified atom stereocenters. The highest BCUT2D eigenvalue weighted by atomic mass is 32.2. The summed E-state index contributed by atoms with van der Waals surface area (Å²) >= 11 is 0. The van der Waals surface area contributed by atoms with Crippen molar-refractivity contribution in [1.29, 1.82) is 0 Å². The molecule has 0 aromatic heterocycles. The SMILES string of the molecule is CC(CC=O)c1ccccc1S(=O)(=O)C1COC1. The maximum Gasteiger partial charge on any atom is 0.186 e. The van der Waals surface area contributed by atoms with E-state index in [1.807, 2.05) is 6.92 Å². The van der Waals surface area contributed by atoms with Gasteiger partial charge in [-0.15, -0.1) is 0 Å². The molecule has 0 N–H and O–H groups in total. The van der Waals surface area contributed by atoms with E-state index >= 15 is 0 Å². The third-order valence-corrected chi connectivity index (χ3v) is 5.39. The minimum Gasteiger partial charge on any atom is -0.379 e. The zero-order valence-electron chi connectivity index (χ0n) is 10.2. The molecule has 0 amide bonds. The average molecular weight is 268 g/mol. The predicted octanol–water partition coefficient (Wildman–Crippen LogP) is 1.55. The molecule has 18 heavy (non-hydrogen) atoms. The molecule has 98 valence electrons. The fourth-order valence-corrected chi connectivity index (χ4v) is 3.77. The van der Waals surface area contributed by atoms with Gasteiger partial charge in [0.15, 0.2) is 9.84 Å². The molecular weight excluding hydrogens is 252 g/mol. The number of hydrogen-bond acceptors (Lipinski definition) is 4. The van der Waals surface area contributed by atoms with Crippen LogP contribution in [0.2, 0.25) is 0 Å². The van der Waals surface area contributed by atoms with Crippen LogP contribution in [0.25, 0.3) is 0 Å². The van der Waals surface area contributed by atoms with Crippen molar-refractivity contribution in [2.24, 2.45) is 0 Å². The van der Waals surface area contributed by atoms with Crippen LogP contribution in [0.4, 0.5) is 0 Å². The van der Waals surface area contributed by atoms with Crippen molar-refractivity contribution < 1.29 is 17.9 Å². The molecule has 0 radical (unpaired) electrons. The second-order valence-corrected chi connectivity index (χ2v) is 6.74. The van der Waals surface area contributed by atoms with Crippen molar-refractivity contribution in [1.82, 2.24) is 0 Å². The summed E-state index contributed by atoms with van der Waals surface area (Å²) in [5.41, 5.74) is 0.719. The highest BCUT2D eigenvalue weighted by Crippen LogP contribution is 2.30. The first-order chi connectivity index (χ1) is 8.57. The van der Waals surface area contributed by atoms with Crippen molar-refractivity contribution in [3.63, 3.8) is 0 Å². The zero-order valence-corrected chi connectivity index (χ0v) is 11.0. The lowest BCUT2D eigenvalue weighted by molar-refractivity contribution is -0.108. The van der Waals surface area contributed by atoms with Gasteiger partial charge in [-0.25, -0.2) is 8.42 Å².